The summed E-state index contributed by atoms with van der Waals surface area (Å²) in [6.07, 6.45) is 6.83. The van der Waals surface area contributed by atoms with Gasteiger partial charge in [-0.05, 0) is 37.3 Å². The Kier molecular flexibility index (Phi) is 6.36. The first kappa shape index (κ1) is 14.7. The largest absolute Gasteiger partial charge is 0.309 e. The van der Waals surface area contributed by atoms with Gasteiger partial charge in [0.2, 0.25) is 0 Å². The van der Waals surface area contributed by atoms with Crippen LogP contribution in [0.4, 0.5) is 0 Å². The van der Waals surface area contributed by atoms with Crippen molar-refractivity contribution in [1.29, 1.82) is 0 Å². The number of halogens is 1. The van der Waals surface area contributed by atoms with E-state index in [1.807, 2.05) is 6.07 Å². The van der Waals surface area contributed by atoms with Gasteiger partial charge in [-0.3, -0.25) is 0 Å². The van der Waals surface area contributed by atoms with Crippen LogP contribution in [0.1, 0.15) is 49.9 Å². The molecule has 0 aliphatic heterocycles. The predicted octanol–water partition coefficient (Wildman–Crippen LogP) is 5.12. The Bertz CT molecular complexity index is 347. The number of hydrogen-bond acceptors (Lipinski definition) is 3. The van der Waals surface area contributed by atoms with E-state index in [2.05, 4.69) is 29.4 Å². The van der Waals surface area contributed by atoms with Crippen LogP contribution in [0.15, 0.2) is 11.4 Å². The molecule has 0 amide bonds. The van der Waals surface area contributed by atoms with E-state index >= 15 is 0 Å². The van der Waals surface area contributed by atoms with Gasteiger partial charge in [0.05, 0.1) is 11.1 Å². The summed E-state index contributed by atoms with van der Waals surface area (Å²) in [5.74, 6) is 1.16. The third-order valence-electron chi connectivity index (χ3n) is 3.40. The molecule has 0 spiro atoms. The molecule has 1 aromatic rings. The molecule has 1 aliphatic carbocycles. The topological polar surface area (TPSA) is 12.0 Å². The van der Waals surface area contributed by atoms with Gasteiger partial charge in [0, 0.05) is 15.9 Å². The van der Waals surface area contributed by atoms with E-state index in [4.69, 9.17) is 11.6 Å². The predicted molar refractivity (Wildman–Crippen MR) is 85.1 cm³/mol. The Labute approximate surface area is 124 Å². The molecule has 1 nitrogen and oxygen atoms in total. The molecule has 1 unspecified atom stereocenters. The Hall–Kier alpha value is 0.300. The van der Waals surface area contributed by atoms with Gasteiger partial charge in [0.15, 0.2) is 0 Å². The molecule has 0 bridgehead atoms. The second-order valence-electron chi connectivity index (χ2n) is 4.88. The molecule has 1 fully saturated rings. The summed E-state index contributed by atoms with van der Waals surface area (Å²) in [5.41, 5.74) is 0. The molecule has 0 radical (unpaired) electrons. The summed E-state index contributed by atoms with van der Waals surface area (Å²) in [7, 11) is 0. The standard InChI is InChI=1S/C14H22ClNS2/c1-2-8-16-13(14-12(15)7-9-17-14)10-18-11-5-3-4-6-11/h7,9,11,13,16H,2-6,8,10H2,1H3. The van der Waals surface area contributed by atoms with Crippen LogP contribution in [0.3, 0.4) is 0 Å². The van der Waals surface area contributed by atoms with Gasteiger partial charge in [-0.15, -0.1) is 11.3 Å². The normalized spacial score (nSPS) is 18.3. The molecule has 1 N–H and O–H groups in total. The van der Waals surface area contributed by atoms with Crippen LogP contribution < -0.4 is 5.32 Å². The fourth-order valence-corrected chi connectivity index (χ4v) is 5.17. The van der Waals surface area contributed by atoms with E-state index in [1.165, 1.54) is 37.0 Å². The summed E-state index contributed by atoms with van der Waals surface area (Å²) >= 11 is 10.2. The zero-order valence-corrected chi connectivity index (χ0v) is 13.3. The molecule has 0 saturated heterocycles. The first-order chi connectivity index (χ1) is 8.81. The smallest absolute Gasteiger partial charge is 0.0561 e. The van der Waals surface area contributed by atoms with E-state index in [0.717, 1.165) is 22.6 Å². The highest BCUT2D eigenvalue weighted by Gasteiger charge is 2.20. The average molecular weight is 304 g/mol. The monoisotopic (exact) mass is 303 g/mol. The highest BCUT2D eigenvalue weighted by molar-refractivity contribution is 7.99. The van der Waals surface area contributed by atoms with Crippen LogP contribution in [0, 0.1) is 0 Å². The van der Waals surface area contributed by atoms with Crippen LogP contribution in [-0.4, -0.2) is 17.5 Å². The van der Waals surface area contributed by atoms with Crippen LogP contribution >= 0.6 is 34.7 Å². The van der Waals surface area contributed by atoms with Crippen molar-refractivity contribution in [2.45, 2.75) is 50.3 Å². The first-order valence-electron chi connectivity index (χ1n) is 6.89. The van der Waals surface area contributed by atoms with Gasteiger partial charge in [0.25, 0.3) is 0 Å². The van der Waals surface area contributed by atoms with Crippen molar-refractivity contribution in [2.24, 2.45) is 0 Å². The Morgan fingerprint density at radius 3 is 2.89 bits per heavy atom. The summed E-state index contributed by atoms with van der Waals surface area (Å²) in [4.78, 5) is 1.32. The molecule has 1 heterocycles. The minimum Gasteiger partial charge on any atom is -0.309 e. The zero-order chi connectivity index (χ0) is 12.8. The third kappa shape index (κ3) is 4.16. The van der Waals surface area contributed by atoms with E-state index < -0.39 is 0 Å². The molecule has 18 heavy (non-hydrogen) atoms. The summed E-state index contributed by atoms with van der Waals surface area (Å²) < 4.78 is 0. The quantitative estimate of drug-likeness (QED) is 0.750. The van der Waals surface area contributed by atoms with Gasteiger partial charge in [-0.1, -0.05) is 31.4 Å². The molecule has 1 atom stereocenters. The lowest BCUT2D eigenvalue weighted by Crippen LogP contribution is -2.24. The molecule has 0 aromatic carbocycles. The maximum Gasteiger partial charge on any atom is 0.0561 e. The van der Waals surface area contributed by atoms with Crippen molar-refractivity contribution in [2.75, 3.05) is 12.3 Å². The van der Waals surface area contributed by atoms with Crippen LogP contribution in [0.25, 0.3) is 0 Å². The maximum absolute atomic E-state index is 6.27. The fraction of sp³-hybridized carbons (Fsp3) is 0.714. The van der Waals surface area contributed by atoms with E-state index in [0.29, 0.717) is 6.04 Å². The van der Waals surface area contributed by atoms with Gasteiger partial charge in [-0.25, -0.2) is 0 Å². The second kappa shape index (κ2) is 7.78. The molecular formula is C14H22ClNS2. The van der Waals surface area contributed by atoms with Crippen molar-refractivity contribution >= 4 is 34.7 Å². The maximum atomic E-state index is 6.27. The molecule has 102 valence electrons. The van der Waals surface area contributed by atoms with Crippen molar-refractivity contribution in [1.82, 2.24) is 5.32 Å². The lowest BCUT2D eigenvalue weighted by Gasteiger charge is -2.19. The van der Waals surface area contributed by atoms with Gasteiger partial charge >= 0.3 is 0 Å². The van der Waals surface area contributed by atoms with Gasteiger partial charge in [-0.2, -0.15) is 11.8 Å². The first-order valence-corrected chi connectivity index (χ1v) is 9.19. The second-order valence-corrected chi connectivity index (χ2v) is 7.57. The molecule has 2 rings (SSSR count). The number of rotatable bonds is 7. The Morgan fingerprint density at radius 2 is 2.28 bits per heavy atom. The number of nitrogens with one attached hydrogen (secondary N) is 1. The average Bonchev–Trinajstić information content (AvgIpc) is 3.01. The number of thiophene rings is 1. The minimum atomic E-state index is 0.433. The van der Waals surface area contributed by atoms with E-state index in [-0.39, 0.29) is 0 Å². The Balaban J connectivity index is 1.90. The van der Waals surface area contributed by atoms with Crippen molar-refractivity contribution < 1.29 is 0 Å². The number of hydrogen-bond donors (Lipinski definition) is 1. The lowest BCUT2D eigenvalue weighted by atomic mass is 10.2. The van der Waals surface area contributed by atoms with Gasteiger partial charge < -0.3 is 5.32 Å². The summed E-state index contributed by atoms with van der Waals surface area (Å²) in [6, 6.07) is 2.45. The van der Waals surface area contributed by atoms with Crippen molar-refractivity contribution in [3.05, 3.63) is 21.3 Å². The molecule has 1 aliphatic rings. The minimum absolute atomic E-state index is 0.433. The molecular weight excluding hydrogens is 282 g/mol. The SMILES string of the molecule is CCCNC(CSC1CCCC1)c1sccc1Cl. The van der Waals surface area contributed by atoms with Gasteiger partial charge in [0.1, 0.15) is 0 Å². The zero-order valence-electron chi connectivity index (χ0n) is 11.0. The van der Waals surface area contributed by atoms with Crippen LogP contribution in [0.2, 0.25) is 5.02 Å². The lowest BCUT2D eigenvalue weighted by molar-refractivity contribution is 0.584. The number of thioether (sulfide) groups is 1. The highest BCUT2D eigenvalue weighted by Crippen LogP contribution is 2.35. The van der Waals surface area contributed by atoms with E-state index in [9.17, 15) is 0 Å². The molecule has 4 heteroatoms. The fourth-order valence-electron chi connectivity index (χ4n) is 2.39. The summed E-state index contributed by atoms with van der Waals surface area (Å²) in [6.45, 7) is 3.29. The molecule has 1 aromatic heterocycles. The van der Waals surface area contributed by atoms with Crippen LogP contribution in [0.5, 0.6) is 0 Å². The van der Waals surface area contributed by atoms with Crippen molar-refractivity contribution in [3.63, 3.8) is 0 Å². The molecule has 1 saturated carbocycles. The van der Waals surface area contributed by atoms with E-state index in [1.54, 1.807) is 11.3 Å². The highest BCUT2D eigenvalue weighted by atomic mass is 35.5. The van der Waals surface area contributed by atoms with Crippen molar-refractivity contribution in [3.8, 4) is 0 Å². The third-order valence-corrected chi connectivity index (χ3v) is 6.34. The summed E-state index contributed by atoms with van der Waals surface area (Å²) in [5, 5.41) is 7.55. The Morgan fingerprint density at radius 1 is 1.50 bits per heavy atom. The van der Waals surface area contributed by atoms with Crippen LogP contribution in [-0.2, 0) is 0 Å².